The van der Waals surface area contributed by atoms with Crippen LogP contribution in [0.3, 0.4) is 0 Å². The number of rotatable bonds is 8. The van der Waals surface area contributed by atoms with E-state index in [1.54, 1.807) is 32.2 Å². The van der Waals surface area contributed by atoms with Crippen LogP contribution in [0.15, 0.2) is 54.7 Å². The Hall–Kier alpha value is -4.32. The van der Waals surface area contributed by atoms with Crippen LogP contribution in [-0.4, -0.2) is 58.7 Å². The number of benzene rings is 2. The molecule has 0 spiro atoms. The van der Waals surface area contributed by atoms with Gasteiger partial charge < -0.3 is 15.1 Å². The van der Waals surface area contributed by atoms with Gasteiger partial charge in [0.25, 0.3) is 5.91 Å². The number of pyridine rings is 1. The summed E-state index contributed by atoms with van der Waals surface area (Å²) in [7, 11) is 3.09. The van der Waals surface area contributed by atoms with Gasteiger partial charge in [-0.2, -0.15) is 5.26 Å². The second-order valence-electron chi connectivity index (χ2n) is 10.8. The Morgan fingerprint density at radius 2 is 1.85 bits per heavy atom. The average molecular weight is 530 g/mol. The lowest BCUT2D eigenvalue weighted by Gasteiger charge is -2.35. The number of carbonyl (C=O) groups is 3. The molecule has 4 rings (SSSR count). The molecule has 2 aromatic carbocycles. The molecule has 202 valence electrons. The van der Waals surface area contributed by atoms with E-state index in [1.165, 1.54) is 22.9 Å². The summed E-state index contributed by atoms with van der Waals surface area (Å²) in [5, 5.41) is 13.4. The van der Waals surface area contributed by atoms with Crippen LogP contribution >= 0.6 is 0 Å². The van der Waals surface area contributed by atoms with Crippen LogP contribution in [0, 0.1) is 23.1 Å². The monoisotopic (exact) mass is 529 g/mol. The van der Waals surface area contributed by atoms with Crippen molar-refractivity contribution >= 4 is 34.3 Å². The number of halogens is 1. The van der Waals surface area contributed by atoms with Gasteiger partial charge in [0.2, 0.25) is 11.8 Å². The van der Waals surface area contributed by atoms with Crippen molar-refractivity contribution in [2.24, 2.45) is 5.92 Å². The second-order valence-corrected chi connectivity index (χ2v) is 10.8. The molecule has 0 aliphatic carbocycles. The molecule has 0 radical (unpaired) electrons. The fraction of sp³-hybridized carbons (Fsp3) is 0.367. The Bertz CT molecular complexity index is 1480. The van der Waals surface area contributed by atoms with Crippen molar-refractivity contribution in [2.75, 3.05) is 19.4 Å². The number of para-hydroxylation sites is 1. The van der Waals surface area contributed by atoms with Crippen molar-refractivity contribution in [2.45, 2.75) is 51.1 Å². The summed E-state index contributed by atoms with van der Waals surface area (Å²) in [5.41, 5.74) is 1.33. The number of nitrogens with zero attached hydrogens (tertiary/aromatic N) is 4. The van der Waals surface area contributed by atoms with Gasteiger partial charge in [0.15, 0.2) is 0 Å². The molecule has 39 heavy (non-hydrogen) atoms. The van der Waals surface area contributed by atoms with Gasteiger partial charge in [-0.3, -0.25) is 19.4 Å². The van der Waals surface area contributed by atoms with Crippen molar-refractivity contribution in [3.8, 4) is 6.07 Å². The number of anilines is 1. The minimum atomic E-state index is -0.991. The van der Waals surface area contributed by atoms with E-state index >= 15 is 0 Å². The van der Waals surface area contributed by atoms with Crippen LogP contribution in [0.25, 0.3) is 10.9 Å². The molecule has 0 saturated carbocycles. The third-order valence-electron chi connectivity index (χ3n) is 7.50. The smallest absolute Gasteiger partial charge is 0.254 e. The fourth-order valence-electron chi connectivity index (χ4n) is 5.16. The highest BCUT2D eigenvalue weighted by Gasteiger charge is 2.45. The van der Waals surface area contributed by atoms with Gasteiger partial charge in [-0.05, 0) is 61.6 Å². The zero-order valence-corrected chi connectivity index (χ0v) is 22.7. The third-order valence-corrected chi connectivity index (χ3v) is 7.50. The van der Waals surface area contributed by atoms with E-state index in [0.29, 0.717) is 28.6 Å². The van der Waals surface area contributed by atoms with E-state index in [0.717, 1.165) is 11.8 Å². The number of nitriles is 1. The van der Waals surface area contributed by atoms with E-state index in [2.05, 4.69) is 16.4 Å². The van der Waals surface area contributed by atoms with Gasteiger partial charge in [0.05, 0.1) is 23.2 Å². The third kappa shape index (κ3) is 5.32. The highest BCUT2D eigenvalue weighted by atomic mass is 19.1. The van der Waals surface area contributed by atoms with E-state index in [-0.39, 0.29) is 18.2 Å². The molecule has 3 atom stereocenters. The first-order valence-electron chi connectivity index (χ1n) is 12.9. The maximum Gasteiger partial charge on any atom is 0.254 e. The molecule has 1 aliphatic heterocycles. The standard InChI is InChI=1S/C30H32FN5O3/c1-18(2)12-26(36(5)27(37)19-10-11-24-20(13-19)14-21(31)17-33-24)28(38)35(4)22(16-32)15-30(3)23-8-6-7-9-25(23)34-29(30)39/h6-11,13-14,17-18,22,26H,12,15H2,1-5H3,(H,34,39)/t22-,26-,30+/m0/s1. The summed E-state index contributed by atoms with van der Waals surface area (Å²) in [4.78, 5) is 47.0. The lowest BCUT2D eigenvalue weighted by molar-refractivity contribution is -0.137. The van der Waals surface area contributed by atoms with Crippen LogP contribution in [-0.2, 0) is 15.0 Å². The van der Waals surface area contributed by atoms with Crippen molar-refractivity contribution in [1.82, 2.24) is 14.8 Å². The molecule has 8 nitrogen and oxygen atoms in total. The molecular formula is C30H32FN5O3. The Morgan fingerprint density at radius 1 is 1.13 bits per heavy atom. The number of hydrogen-bond donors (Lipinski definition) is 1. The SMILES string of the molecule is CC(C)C[C@@H](C(=O)N(C)[C@H](C#N)C[C@@]1(C)C(=O)Nc2ccccc21)N(C)C(=O)c1ccc2ncc(F)cc2c1. The van der Waals surface area contributed by atoms with Crippen LogP contribution in [0.5, 0.6) is 0 Å². The van der Waals surface area contributed by atoms with Crippen molar-refractivity contribution in [3.05, 3.63) is 71.7 Å². The predicted octanol–water partition coefficient (Wildman–Crippen LogP) is 4.51. The molecule has 0 fully saturated rings. The summed E-state index contributed by atoms with van der Waals surface area (Å²) in [6, 6.07) is 13.9. The Kier molecular flexibility index (Phi) is 7.68. The van der Waals surface area contributed by atoms with Crippen molar-refractivity contribution in [3.63, 3.8) is 0 Å². The topological polar surface area (TPSA) is 106 Å². The van der Waals surface area contributed by atoms with Gasteiger partial charge in [0.1, 0.15) is 17.9 Å². The number of fused-ring (bicyclic) bond motifs is 2. The van der Waals surface area contributed by atoms with Crippen LogP contribution in [0.2, 0.25) is 0 Å². The van der Waals surface area contributed by atoms with E-state index < -0.39 is 35.1 Å². The lowest BCUT2D eigenvalue weighted by Crippen LogP contribution is -2.52. The van der Waals surface area contributed by atoms with E-state index in [4.69, 9.17) is 0 Å². The summed E-state index contributed by atoms with van der Waals surface area (Å²) >= 11 is 0. The first-order valence-corrected chi connectivity index (χ1v) is 12.9. The van der Waals surface area contributed by atoms with Crippen LogP contribution in [0.1, 0.15) is 49.5 Å². The molecule has 1 aromatic heterocycles. The number of nitrogens with one attached hydrogen (secondary N) is 1. The summed E-state index contributed by atoms with van der Waals surface area (Å²) in [6.45, 7) is 5.67. The first kappa shape index (κ1) is 27.7. The average Bonchev–Trinajstić information content (AvgIpc) is 3.17. The fourth-order valence-corrected chi connectivity index (χ4v) is 5.16. The quantitative estimate of drug-likeness (QED) is 0.462. The predicted molar refractivity (Wildman–Crippen MR) is 146 cm³/mol. The van der Waals surface area contributed by atoms with Gasteiger partial charge in [0, 0.05) is 30.7 Å². The van der Waals surface area contributed by atoms with Gasteiger partial charge in [-0.1, -0.05) is 32.0 Å². The van der Waals surface area contributed by atoms with Gasteiger partial charge >= 0.3 is 0 Å². The minimum Gasteiger partial charge on any atom is -0.330 e. The zero-order chi connectivity index (χ0) is 28.5. The molecule has 1 N–H and O–H groups in total. The van der Waals surface area contributed by atoms with Gasteiger partial charge in [-0.25, -0.2) is 4.39 Å². The Labute approximate surface area is 227 Å². The largest absolute Gasteiger partial charge is 0.330 e. The number of likely N-dealkylation sites (N-methyl/N-ethyl adjacent to an activating group) is 2. The molecule has 2 heterocycles. The minimum absolute atomic E-state index is 0.0723. The lowest BCUT2D eigenvalue weighted by atomic mass is 9.78. The highest BCUT2D eigenvalue weighted by molar-refractivity contribution is 6.06. The summed E-state index contributed by atoms with van der Waals surface area (Å²) < 4.78 is 13.7. The normalized spacial score (nSPS) is 17.7. The van der Waals surface area contributed by atoms with Crippen molar-refractivity contribution in [1.29, 1.82) is 5.26 Å². The van der Waals surface area contributed by atoms with E-state index in [1.807, 2.05) is 38.1 Å². The maximum atomic E-state index is 13.8. The second kappa shape index (κ2) is 10.8. The maximum absolute atomic E-state index is 13.8. The van der Waals surface area contributed by atoms with Crippen molar-refractivity contribution < 1.29 is 18.8 Å². The number of hydrogen-bond acceptors (Lipinski definition) is 5. The molecule has 9 heteroatoms. The van der Waals surface area contributed by atoms with E-state index in [9.17, 15) is 24.0 Å². The summed E-state index contributed by atoms with van der Waals surface area (Å²) in [5.74, 6) is -1.46. The molecule has 3 amide bonds. The van der Waals surface area contributed by atoms with Crippen LogP contribution < -0.4 is 5.32 Å². The first-order chi connectivity index (χ1) is 18.5. The van der Waals surface area contributed by atoms with Crippen LogP contribution in [0.4, 0.5) is 10.1 Å². The number of amides is 3. The van der Waals surface area contributed by atoms with Gasteiger partial charge in [-0.15, -0.1) is 0 Å². The zero-order valence-electron chi connectivity index (χ0n) is 22.7. The Morgan fingerprint density at radius 3 is 2.54 bits per heavy atom. The molecule has 1 aliphatic rings. The highest BCUT2D eigenvalue weighted by Crippen LogP contribution is 2.41. The number of aromatic nitrogens is 1. The molecule has 0 unspecified atom stereocenters. The molecule has 0 saturated heterocycles. The number of carbonyl (C=O) groups excluding carboxylic acids is 3. The molecular weight excluding hydrogens is 497 g/mol. The molecule has 3 aromatic rings. The summed E-state index contributed by atoms with van der Waals surface area (Å²) in [6.07, 6.45) is 1.58. The molecule has 0 bridgehead atoms. The Balaban J connectivity index is 1.59.